The molecule has 2 rings (SSSR count). The second-order valence-electron chi connectivity index (χ2n) is 4.14. The minimum atomic E-state index is -0.678. The van der Waals surface area contributed by atoms with Gasteiger partial charge in [0.05, 0.1) is 6.61 Å². The van der Waals surface area contributed by atoms with E-state index in [1.54, 1.807) is 24.4 Å². The van der Waals surface area contributed by atoms with E-state index in [1.807, 2.05) is 24.3 Å². The number of para-hydroxylation sites is 2. The molecule has 5 heteroatoms. The molecule has 0 saturated carbocycles. The lowest BCUT2D eigenvalue weighted by Gasteiger charge is -2.14. The zero-order valence-electron chi connectivity index (χ0n) is 11.2. The molecule has 0 bridgehead atoms. The number of nitrogens with zero attached hydrogens (tertiary/aromatic N) is 1. The van der Waals surface area contributed by atoms with Gasteiger partial charge in [-0.3, -0.25) is 0 Å². The average Bonchev–Trinajstić information content (AvgIpc) is 2.48. The Morgan fingerprint density at radius 3 is 2.50 bits per heavy atom. The van der Waals surface area contributed by atoms with Crippen LogP contribution in [0.5, 0.6) is 17.4 Å². The summed E-state index contributed by atoms with van der Waals surface area (Å²) < 4.78 is 16.0. The van der Waals surface area contributed by atoms with Gasteiger partial charge in [0.2, 0.25) is 5.88 Å². The van der Waals surface area contributed by atoms with Crippen molar-refractivity contribution in [1.82, 2.24) is 4.98 Å². The van der Waals surface area contributed by atoms with E-state index < -0.39 is 6.10 Å². The fraction of sp³-hybridized carbons (Fsp3) is 0.267. The Balaban J connectivity index is 2.02. The highest BCUT2D eigenvalue weighted by Gasteiger charge is 2.09. The molecule has 1 aromatic carbocycles. The molecule has 1 N–H and O–H groups in total. The van der Waals surface area contributed by atoms with Crippen molar-refractivity contribution < 1.29 is 19.3 Å². The van der Waals surface area contributed by atoms with Crippen LogP contribution in [0.25, 0.3) is 0 Å². The minimum Gasteiger partial charge on any atom is -0.487 e. The molecule has 20 heavy (non-hydrogen) atoms. The number of aliphatic hydroxyl groups is 1. The van der Waals surface area contributed by atoms with E-state index in [4.69, 9.17) is 14.2 Å². The first-order chi connectivity index (χ1) is 9.79. The predicted molar refractivity (Wildman–Crippen MR) is 74.1 cm³/mol. The van der Waals surface area contributed by atoms with Gasteiger partial charge in [-0.05, 0) is 18.2 Å². The van der Waals surface area contributed by atoms with Crippen LogP contribution in [0, 0.1) is 0 Å². The van der Waals surface area contributed by atoms with Gasteiger partial charge in [0.25, 0.3) is 0 Å². The summed E-state index contributed by atoms with van der Waals surface area (Å²) >= 11 is 0. The number of aromatic nitrogens is 1. The highest BCUT2D eigenvalue weighted by atomic mass is 16.5. The van der Waals surface area contributed by atoms with E-state index in [1.165, 1.54) is 7.11 Å². The number of benzene rings is 1. The molecular weight excluding hydrogens is 258 g/mol. The summed E-state index contributed by atoms with van der Waals surface area (Å²) in [6.45, 7) is 0.361. The van der Waals surface area contributed by atoms with Crippen LogP contribution in [0.3, 0.4) is 0 Å². The third-order valence-electron chi connectivity index (χ3n) is 2.49. The maximum Gasteiger partial charge on any atom is 0.219 e. The molecule has 0 unspecified atom stereocenters. The number of hydrogen-bond donors (Lipinski definition) is 1. The van der Waals surface area contributed by atoms with Gasteiger partial charge in [-0.2, -0.15) is 0 Å². The first kappa shape index (κ1) is 14.3. The molecule has 1 heterocycles. The maximum atomic E-state index is 9.59. The molecule has 1 atom stereocenters. The molecule has 0 saturated heterocycles. The van der Waals surface area contributed by atoms with Crippen molar-refractivity contribution in [3.63, 3.8) is 0 Å². The summed E-state index contributed by atoms with van der Waals surface area (Å²) in [7, 11) is 1.53. The smallest absolute Gasteiger partial charge is 0.219 e. The summed E-state index contributed by atoms with van der Waals surface area (Å²) in [6.07, 6.45) is 0.976. The lowest BCUT2D eigenvalue weighted by atomic mass is 10.3. The topological polar surface area (TPSA) is 60.8 Å². The summed E-state index contributed by atoms with van der Waals surface area (Å²) in [5.74, 6) is 1.59. The van der Waals surface area contributed by atoms with Crippen molar-refractivity contribution in [2.24, 2.45) is 0 Å². The highest BCUT2D eigenvalue weighted by Crippen LogP contribution is 2.30. The molecular formula is C15H17NO4. The van der Waals surface area contributed by atoms with E-state index in [9.17, 15) is 5.11 Å². The Morgan fingerprint density at radius 1 is 1.05 bits per heavy atom. The Labute approximate surface area is 117 Å². The van der Waals surface area contributed by atoms with Crippen molar-refractivity contribution in [3.8, 4) is 17.4 Å². The van der Waals surface area contributed by atoms with E-state index in [2.05, 4.69) is 4.98 Å². The monoisotopic (exact) mass is 275 g/mol. The van der Waals surface area contributed by atoms with Crippen molar-refractivity contribution in [2.75, 3.05) is 20.3 Å². The summed E-state index contributed by atoms with van der Waals surface area (Å²) in [5.41, 5.74) is 0. The fourth-order valence-corrected chi connectivity index (χ4v) is 1.60. The second kappa shape index (κ2) is 7.47. The van der Waals surface area contributed by atoms with Crippen molar-refractivity contribution in [3.05, 3.63) is 48.7 Å². The van der Waals surface area contributed by atoms with Crippen molar-refractivity contribution >= 4 is 0 Å². The van der Waals surface area contributed by atoms with Crippen LogP contribution < -0.4 is 9.47 Å². The first-order valence-corrected chi connectivity index (χ1v) is 6.27. The number of hydrogen-bond acceptors (Lipinski definition) is 5. The maximum absolute atomic E-state index is 9.59. The molecule has 106 valence electrons. The zero-order valence-corrected chi connectivity index (χ0v) is 11.2. The van der Waals surface area contributed by atoms with Crippen LogP contribution in [-0.4, -0.2) is 36.5 Å². The van der Waals surface area contributed by atoms with Gasteiger partial charge in [-0.25, -0.2) is 4.98 Å². The van der Waals surface area contributed by atoms with Gasteiger partial charge in [-0.15, -0.1) is 0 Å². The lowest BCUT2D eigenvalue weighted by molar-refractivity contribution is 0.0320. The molecule has 0 amide bonds. The van der Waals surface area contributed by atoms with Crippen LogP contribution in [-0.2, 0) is 4.74 Å². The van der Waals surface area contributed by atoms with E-state index in [0.29, 0.717) is 17.4 Å². The number of rotatable bonds is 7. The van der Waals surface area contributed by atoms with Gasteiger partial charge in [-0.1, -0.05) is 18.2 Å². The summed E-state index contributed by atoms with van der Waals surface area (Å²) in [5, 5.41) is 9.59. The zero-order chi connectivity index (χ0) is 14.2. The van der Waals surface area contributed by atoms with E-state index in [0.717, 1.165) is 0 Å². The molecule has 0 spiro atoms. The Hall–Kier alpha value is -2.11. The fourth-order valence-electron chi connectivity index (χ4n) is 1.60. The molecule has 0 aliphatic carbocycles. The van der Waals surface area contributed by atoms with E-state index in [-0.39, 0.29) is 13.2 Å². The van der Waals surface area contributed by atoms with Gasteiger partial charge in [0, 0.05) is 19.4 Å². The van der Waals surface area contributed by atoms with Gasteiger partial charge >= 0.3 is 0 Å². The second-order valence-corrected chi connectivity index (χ2v) is 4.14. The predicted octanol–water partition coefficient (Wildman–Crippen LogP) is 2.26. The van der Waals surface area contributed by atoms with Crippen LogP contribution in [0.15, 0.2) is 48.7 Å². The van der Waals surface area contributed by atoms with Gasteiger partial charge in [0.15, 0.2) is 11.5 Å². The number of aliphatic hydroxyl groups excluding tert-OH is 1. The first-order valence-electron chi connectivity index (χ1n) is 6.27. The number of ether oxygens (including phenoxy) is 3. The average molecular weight is 275 g/mol. The SMILES string of the molecule is COC[C@H](O)COc1ccccc1Oc1ccccn1. The Kier molecular flexibility index (Phi) is 5.34. The Bertz CT molecular complexity index is 518. The van der Waals surface area contributed by atoms with Gasteiger partial charge in [0.1, 0.15) is 12.7 Å². The van der Waals surface area contributed by atoms with Crippen LogP contribution in [0.4, 0.5) is 0 Å². The normalized spacial score (nSPS) is 11.9. The minimum absolute atomic E-state index is 0.135. The quantitative estimate of drug-likeness (QED) is 0.840. The molecule has 0 aliphatic heterocycles. The Morgan fingerprint density at radius 2 is 1.80 bits per heavy atom. The largest absolute Gasteiger partial charge is 0.487 e. The third kappa shape index (κ3) is 4.22. The van der Waals surface area contributed by atoms with Crippen LogP contribution in [0.1, 0.15) is 0 Å². The van der Waals surface area contributed by atoms with Gasteiger partial charge < -0.3 is 19.3 Å². The van der Waals surface area contributed by atoms with Crippen LogP contribution >= 0.6 is 0 Å². The van der Waals surface area contributed by atoms with Crippen LogP contribution in [0.2, 0.25) is 0 Å². The third-order valence-corrected chi connectivity index (χ3v) is 2.49. The molecule has 5 nitrogen and oxygen atoms in total. The molecule has 1 aromatic heterocycles. The number of pyridine rings is 1. The lowest BCUT2D eigenvalue weighted by Crippen LogP contribution is -2.22. The van der Waals surface area contributed by atoms with Crippen molar-refractivity contribution in [1.29, 1.82) is 0 Å². The standard InChI is InChI=1S/C15H17NO4/c1-18-10-12(17)11-19-13-6-2-3-7-14(13)20-15-8-4-5-9-16-15/h2-9,12,17H,10-11H2,1H3/t12-/m0/s1. The number of methoxy groups -OCH3 is 1. The summed E-state index contributed by atoms with van der Waals surface area (Å²) in [6, 6.07) is 12.7. The molecule has 0 radical (unpaired) electrons. The molecule has 0 aliphatic rings. The van der Waals surface area contributed by atoms with E-state index >= 15 is 0 Å². The highest BCUT2D eigenvalue weighted by molar-refractivity contribution is 5.41. The molecule has 2 aromatic rings. The van der Waals surface area contributed by atoms with Crippen molar-refractivity contribution in [2.45, 2.75) is 6.10 Å². The molecule has 0 fully saturated rings. The summed E-state index contributed by atoms with van der Waals surface area (Å²) in [4.78, 5) is 4.09.